The van der Waals surface area contributed by atoms with Crippen molar-refractivity contribution in [3.8, 4) is 0 Å². The molecule has 0 aliphatic carbocycles. The number of aliphatic carboxylic acids is 2. The van der Waals surface area contributed by atoms with Crippen molar-refractivity contribution >= 4 is 11.9 Å². The van der Waals surface area contributed by atoms with Crippen molar-refractivity contribution in [2.45, 2.75) is 18.9 Å². The molecule has 8 heteroatoms. The summed E-state index contributed by atoms with van der Waals surface area (Å²) in [5, 5.41) is 19.9. The number of hydrogen-bond acceptors (Lipinski definition) is 6. The van der Waals surface area contributed by atoms with Crippen LogP contribution in [0.2, 0.25) is 0 Å². The first-order valence-electron chi connectivity index (χ1n) is 2.94. The van der Waals surface area contributed by atoms with E-state index in [1.807, 2.05) is 5.43 Å². The first-order valence-corrected chi connectivity index (χ1v) is 2.94. The molecule has 0 aliphatic rings. The van der Waals surface area contributed by atoms with E-state index < -0.39 is 18.0 Å². The second-order valence-corrected chi connectivity index (χ2v) is 1.95. The van der Waals surface area contributed by atoms with Crippen molar-refractivity contribution in [1.82, 2.24) is 5.43 Å². The van der Waals surface area contributed by atoms with Crippen molar-refractivity contribution in [1.29, 1.82) is 0 Å². The fourth-order valence-electron chi connectivity index (χ4n) is 0.531. The fraction of sp³-hybridized carbons (Fsp3) is 0.600. The van der Waals surface area contributed by atoms with Gasteiger partial charge in [-0.05, 0) is 12.8 Å². The molecule has 0 unspecified atom stereocenters. The number of nitrogens with two attached hydrogens (primary N) is 1. The van der Waals surface area contributed by atoms with Gasteiger partial charge < -0.3 is 19.8 Å². The maximum Gasteiger partial charge on any atom is 1.00 e. The molecular formula is C5H8N2Na2O4. The third-order valence-electron chi connectivity index (χ3n) is 1.12. The van der Waals surface area contributed by atoms with Crippen LogP contribution in [0, 0.1) is 0 Å². The van der Waals surface area contributed by atoms with E-state index in [0.29, 0.717) is 0 Å². The molecule has 0 fully saturated rings. The van der Waals surface area contributed by atoms with Crippen LogP contribution in [0.1, 0.15) is 12.8 Å². The minimum absolute atomic E-state index is 0. The van der Waals surface area contributed by atoms with Crippen LogP contribution in [-0.2, 0) is 9.59 Å². The molecule has 0 heterocycles. The monoisotopic (exact) mass is 206 g/mol. The van der Waals surface area contributed by atoms with Crippen LogP contribution < -0.4 is 80.6 Å². The van der Waals surface area contributed by atoms with Gasteiger partial charge in [0.1, 0.15) is 0 Å². The number of nitrogens with one attached hydrogen (secondary N) is 1. The van der Waals surface area contributed by atoms with E-state index in [2.05, 4.69) is 0 Å². The normalized spacial score (nSPS) is 10.5. The first-order chi connectivity index (χ1) is 5.07. The number of carbonyl (C=O) groups is 2. The van der Waals surface area contributed by atoms with Crippen LogP contribution in [0.3, 0.4) is 0 Å². The molecule has 1 atom stereocenters. The summed E-state index contributed by atoms with van der Waals surface area (Å²) in [7, 11) is 0. The Hall–Kier alpha value is 0.860. The molecule has 0 rings (SSSR count). The minimum Gasteiger partial charge on any atom is -0.550 e. The summed E-state index contributed by atoms with van der Waals surface area (Å²) in [6.45, 7) is 0. The van der Waals surface area contributed by atoms with E-state index in [1.165, 1.54) is 0 Å². The molecule has 13 heavy (non-hydrogen) atoms. The van der Waals surface area contributed by atoms with Gasteiger partial charge in [-0.2, -0.15) is 0 Å². The predicted octanol–water partition coefficient (Wildman–Crippen LogP) is -9.89. The molecule has 0 radical (unpaired) electrons. The van der Waals surface area contributed by atoms with Crippen LogP contribution in [-0.4, -0.2) is 18.0 Å². The third kappa shape index (κ3) is 10.8. The zero-order valence-electron chi connectivity index (χ0n) is 7.70. The van der Waals surface area contributed by atoms with E-state index in [0.717, 1.165) is 0 Å². The van der Waals surface area contributed by atoms with E-state index in [1.54, 1.807) is 0 Å². The molecule has 0 aliphatic heterocycles. The molecule has 3 N–H and O–H groups in total. The smallest absolute Gasteiger partial charge is 0.550 e. The summed E-state index contributed by atoms with van der Waals surface area (Å²) in [6.07, 6.45) is -0.496. The Morgan fingerprint density at radius 1 is 1.31 bits per heavy atom. The van der Waals surface area contributed by atoms with Crippen LogP contribution in [0.25, 0.3) is 0 Å². The van der Waals surface area contributed by atoms with Gasteiger partial charge in [-0.1, -0.05) is 0 Å². The van der Waals surface area contributed by atoms with Crippen molar-refractivity contribution < 1.29 is 78.9 Å². The first kappa shape index (κ1) is 19.4. The number of carboxylic acids is 2. The molecule has 0 amide bonds. The standard InChI is InChI=1S/C5H10N2O4.2Na/c6-7-3(5(10)11)1-2-4(8)9;;/h3,7H,1-2,6H2,(H,8,9)(H,10,11);;/q;2*+1/p-2/t3-;;/m0../s1. The van der Waals surface area contributed by atoms with Gasteiger partial charge in [-0.25, -0.2) is 0 Å². The van der Waals surface area contributed by atoms with Crippen LogP contribution >= 0.6 is 0 Å². The summed E-state index contributed by atoms with van der Waals surface area (Å²) in [5.41, 5.74) is 1.90. The van der Waals surface area contributed by atoms with E-state index >= 15 is 0 Å². The van der Waals surface area contributed by atoms with Crippen molar-refractivity contribution in [2.75, 3.05) is 0 Å². The largest absolute Gasteiger partial charge is 1.00 e. The van der Waals surface area contributed by atoms with E-state index in [9.17, 15) is 19.8 Å². The van der Waals surface area contributed by atoms with Gasteiger partial charge in [0.05, 0.1) is 12.0 Å². The summed E-state index contributed by atoms with van der Waals surface area (Å²) in [5.74, 6) is 2.04. The van der Waals surface area contributed by atoms with Crippen LogP contribution in [0.5, 0.6) is 0 Å². The van der Waals surface area contributed by atoms with Gasteiger partial charge in [0, 0.05) is 5.97 Å². The van der Waals surface area contributed by atoms with Gasteiger partial charge in [0.25, 0.3) is 0 Å². The molecule has 0 saturated heterocycles. The SMILES string of the molecule is NN[C@@H](CCC(=O)[O-])C(=O)[O-].[Na+].[Na+]. The summed E-state index contributed by atoms with van der Waals surface area (Å²) in [6, 6.07) is -1.13. The maximum atomic E-state index is 10.1. The Kier molecular flexibility index (Phi) is 16.4. The Bertz CT molecular complexity index is 167. The third-order valence-corrected chi connectivity index (χ3v) is 1.12. The predicted molar refractivity (Wildman–Crippen MR) is 30.4 cm³/mol. The topological polar surface area (TPSA) is 118 Å². The Morgan fingerprint density at radius 3 is 2.00 bits per heavy atom. The molecule has 0 aromatic heterocycles. The number of rotatable bonds is 5. The second-order valence-electron chi connectivity index (χ2n) is 1.95. The second kappa shape index (κ2) is 10.9. The van der Waals surface area contributed by atoms with Gasteiger partial charge in [0.15, 0.2) is 0 Å². The Labute approximate surface area is 120 Å². The van der Waals surface area contributed by atoms with E-state index in [-0.39, 0.29) is 72.0 Å². The Morgan fingerprint density at radius 2 is 1.77 bits per heavy atom. The van der Waals surface area contributed by atoms with Crippen molar-refractivity contribution in [3.05, 3.63) is 0 Å². The summed E-state index contributed by atoms with van der Waals surface area (Å²) < 4.78 is 0. The van der Waals surface area contributed by atoms with Crippen molar-refractivity contribution in [3.63, 3.8) is 0 Å². The maximum absolute atomic E-state index is 10.1. The zero-order chi connectivity index (χ0) is 8.85. The fourth-order valence-corrected chi connectivity index (χ4v) is 0.531. The Balaban J connectivity index is -0.000000500. The van der Waals surface area contributed by atoms with Crippen molar-refractivity contribution in [2.24, 2.45) is 5.84 Å². The average Bonchev–Trinajstić information content (AvgIpc) is 1.87. The molecule has 0 saturated carbocycles. The quantitative estimate of drug-likeness (QED) is 0.262. The van der Waals surface area contributed by atoms with E-state index in [4.69, 9.17) is 5.84 Å². The average molecular weight is 206 g/mol. The summed E-state index contributed by atoms with van der Waals surface area (Å²) in [4.78, 5) is 19.9. The number of carbonyl (C=O) groups excluding carboxylic acids is 2. The molecule has 6 nitrogen and oxygen atoms in total. The van der Waals surface area contributed by atoms with Gasteiger partial charge in [-0.15, -0.1) is 0 Å². The molecule has 64 valence electrons. The molecule has 0 aromatic carbocycles. The molecule has 0 spiro atoms. The molecule has 0 aromatic rings. The minimum atomic E-state index is -1.42. The number of hydrogen-bond donors (Lipinski definition) is 2. The summed E-state index contributed by atoms with van der Waals surface area (Å²) >= 11 is 0. The van der Waals surface area contributed by atoms with Crippen LogP contribution in [0.4, 0.5) is 0 Å². The van der Waals surface area contributed by atoms with Crippen LogP contribution in [0.15, 0.2) is 0 Å². The van der Waals surface area contributed by atoms with Gasteiger partial charge in [0.2, 0.25) is 0 Å². The van der Waals surface area contributed by atoms with Gasteiger partial charge in [-0.3, -0.25) is 11.3 Å². The van der Waals surface area contributed by atoms with Gasteiger partial charge >= 0.3 is 59.1 Å². The molecule has 0 bridgehead atoms. The molecular weight excluding hydrogens is 198 g/mol. The number of carboxylic acid groups (broad SMARTS) is 2. The number of hydrazine groups is 1. The zero-order valence-corrected chi connectivity index (χ0v) is 11.7.